The fraction of sp³-hybridized carbons (Fsp3) is 0.480. The van der Waals surface area contributed by atoms with Crippen molar-refractivity contribution in [3.63, 3.8) is 0 Å². The molecule has 1 N–H and O–H groups in total. The van der Waals surface area contributed by atoms with Crippen molar-refractivity contribution in [2.24, 2.45) is 11.8 Å². The molecular weight excluding hydrogens is 487 g/mol. The lowest BCUT2D eigenvalue weighted by Gasteiger charge is -2.30. The summed E-state index contributed by atoms with van der Waals surface area (Å²) in [6.07, 6.45) is 5.23. The van der Waals surface area contributed by atoms with E-state index in [9.17, 15) is 22.7 Å². The molecular formula is C25H29FN4O5S. The fourth-order valence-electron chi connectivity index (χ4n) is 5.28. The predicted molar refractivity (Wildman–Crippen MR) is 130 cm³/mol. The number of sulfonamides is 1. The quantitative estimate of drug-likeness (QED) is 0.462. The molecule has 0 amide bonds. The summed E-state index contributed by atoms with van der Waals surface area (Å²) in [5.74, 6) is -0.650. The highest BCUT2D eigenvalue weighted by Gasteiger charge is 2.43. The van der Waals surface area contributed by atoms with E-state index in [1.165, 1.54) is 41.2 Å². The van der Waals surface area contributed by atoms with Crippen LogP contribution in [0.25, 0.3) is 10.9 Å². The van der Waals surface area contributed by atoms with Crippen LogP contribution < -0.4 is 4.74 Å². The molecule has 192 valence electrons. The average Bonchev–Trinajstić information content (AvgIpc) is 3.38. The molecule has 11 heteroatoms. The molecule has 1 aromatic carbocycles. The fourth-order valence-corrected chi connectivity index (χ4v) is 6.74. The molecule has 2 aliphatic rings. The highest BCUT2D eigenvalue weighted by Crippen LogP contribution is 2.42. The number of aliphatic carboxylic acids is 1. The van der Waals surface area contributed by atoms with E-state index in [0.29, 0.717) is 41.5 Å². The lowest BCUT2D eigenvalue weighted by Crippen LogP contribution is -2.29. The standard InChI is InChI=1S/C25H29FN4O5S/c1-2-35-24-9-7-19(13-27-24)36(33,34)29-14-17(10-16-4-3-5-16)23(15-29)30-22-11-18(26)6-8-20(22)21(28-30)12-25(31)32/h6-9,11,13,16-17,23H,2-5,10,12,14-15H2,1H3,(H,31,32)/t17-,23+/m1/s1. The van der Waals surface area contributed by atoms with Gasteiger partial charge in [0.25, 0.3) is 0 Å². The summed E-state index contributed by atoms with van der Waals surface area (Å²) in [5.41, 5.74) is 0.828. The van der Waals surface area contributed by atoms with Crippen LogP contribution >= 0.6 is 0 Å². The van der Waals surface area contributed by atoms with E-state index >= 15 is 0 Å². The first-order valence-electron chi connectivity index (χ1n) is 12.2. The Bertz CT molecular complexity index is 1370. The van der Waals surface area contributed by atoms with Crippen LogP contribution in [-0.2, 0) is 21.2 Å². The Balaban J connectivity index is 1.51. The molecule has 2 aromatic heterocycles. The number of nitrogens with zero attached hydrogens (tertiary/aromatic N) is 4. The van der Waals surface area contributed by atoms with Crippen molar-refractivity contribution in [1.82, 2.24) is 19.1 Å². The van der Waals surface area contributed by atoms with Gasteiger partial charge in [0.05, 0.1) is 36.5 Å². The number of hydrogen-bond donors (Lipinski definition) is 1. The first-order valence-corrected chi connectivity index (χ1v) is 13.7. The third-order valence-electron chi connectivity index (χ3n) is 7.25. The highest BCUT2D eigenvalue weighted by molar-refractivity contribution is 7.89. The van der Waals surface area contributed by atoms with Crippen LogP contribution in [0, 0.1) is 17.7 Å². The molecule has 2 fully saturated rings. The summed E-state index contributed by atoms with van der Waals surface area (Å²) in [4.78, 5) is 15.6. The molecule has 9 nitrogen and oxygen atoms in total. The Morgan fingerprint density at radius 3 is 2.67 bits per heavy atom. The second-order valence-electron chi connectivity index (χ2n) is 9.57. The van der Waals surface area contributed by atoms with Gasteiger partial charge in [-0.2, -0.15) is 9.40 Å². The molecule has 0 unspecified atom stereocenters. The average molecular weight is 517 g/mol. The monoisotopic (exact) mass is 516 g/mol. The van der Waals surface area contributed by atoms with E-state index in [1.54, 1.807) is 10.7 Å². The molecule has 0 radical (unpaired) electrons. The lowest BCUT2D eigenvalue weighted by molar-refractivity contribution is -0.136. The van der Waals surface area contributed by atoms with Gasteiger partial charge < -0.3 is 9.84 Å². The number of carboxylic acids is 1. The van der Waals surface area contributed by atoms with Gasteiger partial charge in [0.2, 0.25) is 15.9 Å². The van der Waals surface area contributed by atoms with Crippen molar-refractivity contribution in [3.8, 4) is 5.88 Å². The number of ether oxygens (including phenoxy) is 1. The Kier molecular flexibility index (Phi) is 6.69. The zero-order chi connectivity index (χ0) is 25.4. The maximum atomic E-state index is 14.2. The summed E-state index contributed by atoms with van der Waals surface area (Å²) in [7, 11) is -3.84. The number of hydrogen-bond acceptors (Lipinski definition) is 6. The normalized spacial score (nSPS) is 21.1. The van der Waals surface area contributed by atoms with Crippen LogP contribution in [0.4, 0.5) is 4.39 Å². The van der Waals surface area contributed by atoms with Gasteiger partial charge in [-0.25, -0.2) is 17.8 Å². The topological polar surface area (TPSA) is 115 Å². The van der Waals surface area contributed by atoms with E-state index in [2.05, 4.69) is 10.1 Å². The maximum absolute atomic E-state index is 14.2. The van der Waals surface area contributed by atoms with Crippen molar-refractivity contribution in [2.75, 3.05) is 19.7 Å². The summed E-state index contributed by atoms with van der Waals surface area (Å²) >= 11 is 0. The number of benzene rings is 1. The molecule has 36 heavy (non-hydrogen) atoms. The van der Waals surface area contributed by atoms with Gasteiger partial charge in [0, 0.05) is 24.5 Å². The zero-order valence-corrected chi connectivity index (χ0v) is 20.8. The molecule has 1 aliphatic heterocycles. The van der Waals surface area contributed by atoms with Gasteiger partial charge in [0.1, 0.15) is 10.7 Å². The molecule has 0 bridgehead atoms. The van der Waals surface area contributed by atoms with Crippen molar-refractivity contribution >= 4 is 26.9 Å². The van der Waals surface area contributed by atoms with Crippen molar-refractivity contribution in [2.45, 2.75) is 50.0 Å². The van der Waals surface area contributed by atoms with E-state index in [4.69, 9.17) is 4.74 Å². The molecule has 1 saturated carbocycles. The summed E-state index contributed by atoms with van der Waals surface area (Å²) in [6.45, 7) is 2.72. The minimum Gasteiger partial charge on any atom is -0.481 e. The van der Waals surface area contributed by atoms with E-state index in [1.807, 2.05) is 6.92 Å². The summed E-state index contributed by atoms with van der Waals surface area (Å²) in [6, 6.07) is 6.87. The summed E-state index contributed by atoms with van der Waals surface area (Å²) in [5, 5.41) is 14.5. The van der Waals surface area contributed by atoms with E-state index in [0.717, 1.165) is 19.3 Å². The Hall–Kier alpha value is -3.05. The zero-order valence-electron chi connectivity index (χ0n) is 20.0. The van der Waals surface area contributed by atoms with Crippen LogP contribution in [0.3, 0.4) is 0 Å². The number of pyridine rings is 1. The second kappa shape index (κ2) is 9.78. The predicted octanol–water partition coefficient (Wildman–Crippen LogP) is 3.65. The number of aromatic nitrogens is 3. The van der Waals surface area contributed by atoms with Crippen molar-refractivity contribution in [1.29, 1.82) is 0 Å². The molecule has 5 rings (SSSR count). The SMILES string of the molecule is CCOc1ccc(S(=O)(=O)N2C[C@@H](CC3CCC3)[C@@H](n3nc(CC(=O)O)c4ccc(F)cc43)C2)cn1. The van der Waals surface area contributed by atoms with Crippen LogP contribution in [0.5, 0.6) is 5.88 Å². The summed E-state index contributed by atoms with van der Waals surface area (Å²) < 4.78 is 49.8. The van der Waals surface area contributed by atoms with Crippen LogP contribution in [0.1, 0.15) is 44.3 Å². The van der Waals surface area contributed by atoms with E-state index in [-0.39, 0.29) is 29.8 Å². The number of carbonyl (C=O) groups is 1. The van der Waals surface area contributed by atoms with Crippen LogP contribution in [0.2, 0.25) is 0 Å². The van der Waals surface area contributed by atoms with Gasteiger partial charge in [-0.1, -0.05) is 19.3 Å². The van der Waals surface area contributed by atoms with Crippen molar-refractivity contribution in [3.05, 3.63) is 48.0 Å². The second-order valence-corrected chi connectivity index (χ2v) is 11.5. The van der Waals surface area contributed by atoms with Gasteiger partial charge in [-0.15, -0.1) is 0 Å². The first-order chi connectivity index (χ1) is 17.3. The molecule has 3 heterocycles. The molecule has 2 atom stereocenters. The Labute approximate surface area is 208 Å². The van der Waals surface area contributed by atoms with Gasteiger partial charge in [-0.05, 0) is 49.4 Å². The number of fused-ring (bicyclic) bond motifs is 1. The number of carboxylic acid groups (broad SMARTS) is 1. The molecule has 3 aromatic rings. The minimum absolute atomic E-state index is 0.0372. The Morgan fingerprint density at radius 1 is 1.22 bits per heavy atom. The highest BCUT2D eigenvalue weighted by atomic mass is 32.2. The van der Waals surface area contributed by atoms with Crippen LogP contribution in [0.15, 0.2) is 41.4 Å². The largest absolute Gasteiger partial charge is 0.481 e. The van der Waals surface area contributed by atoms with Crippen molar-refractivity contribution < 1.29 is 27.4 Å². The third-order valence-corrected chi connectivity index (χ3v) is 9.07. The number of halogens is 1. The van der Waals surface area contributed by atoms with Gasteiger partial charge in [0.15, 0.2) is 0 Å². The van der Waals surface area contributed by atoms with Gasteiger partial charge >= 0.3 is 5.97 Å². The van der Waals surface area contributed by atoms with E-state index < -0.39 is 21.8 Å². The lowest BCUT2D eigenvalue weighted by atomic mass is 9.78. The first kappa shape index (κ1) is 24.6. The van der Waals surface area contributed by atoms with Crippen LogP contribution in [-0.4, -0.2) is 58.3 Å². The molecule has 0 spiro atoms. The molecule has 1 aliphatic carbocycles. The maximum Gasteiger partial charge on any atom is 0.309 e. The Morgan fingerprint density at radius 2 is 2.03 bits per heavy atom. The number of rotatable bonds is 9. The minimum atomic E-state index is -3.84. The molecule has 1 saturated heterocycles. The van der Waals surface area contributed by atoms with Gasteiger partial charge in [-0.3, -0.25) is 9.48 Å². The smallest absolute Gasteiger partial charge is 0.309 e. The third kappa shape index (κ3) is 4.69.